The molecule has 1 aromatic rings. The molecule has 1 N–H and O–H groups in total. The van der Waals surface area contributed by atoms with Crippen LogP contribution in [-0.4, -0.2) is 61.1 Å². The van der Waals surface area contributed by atoms with Crippen LogP contribution in [0.1, 0.15) is 11.3 Å². The average Bonchev–Trinajstić information content (AvgIpc) is 2.36. The quantitative estimate of drug-likeness (QED) is 0.851. The Morgan fingerprint density at radius 1 is 1.39 bits per heavy atom. The molecule has 4 nitrogen and oxygen atoms in total. The fourth-order valence-corrected chi connectivity index (χ4v) is 2.38. The maximum Gasteiger partial charge on any atom is 0.0570 e. The Bertz CT molecular complexity index is 380. The lowest BCUT2D eigenvalue weighted by Crippen LogP contribution is -2.53. The van der Waals surface area contributed by atoms with Crippen LogP contribution >= 0.6 is 0 Å². The summed E-state index contributed by atoms with van der Waals surface area (Å²) in [5, 5.41) is 3.53. The third-order valence-electron chi connectivity index (χ3n) is 3.77. The smallest absolute Gasteiger partial charge is 0.0570 e. The molecule has 100 valence electrons. The van der Waals surface area contributed by atoms with Gasteiger partial charge >= 0.3 is 0 Å². The standard InChI is InChI=1S/C14H24N4/c1-12-5-4-6-16-14(12)10-15-9-13-11-17(2)7-8-18(13)3/h4-6,13,15H,7-11H2,1-3H3. The topological polar surface area (TPSA) is 31.4 Å². The number of likely N-dealkylation sites (N-methyl/N-ethyl adjacent to an activating group) is 2. The van der Waals surface area contributed by atoms with Crippen molar-refractivity contribution in [2.24, 2.45) is 0 Å². The van der Waals surface area contributed by atoms with Gasteiger partial charge in [0.1, 0.15) is 0 Å². The average molecular weight is 248 g/mol. The van der Waals surface area contributed by atoms with Gasteiger partial charge in [-0.05, 0) is 32.6 Å². The number of aryl methyl sites for hydroxylation is 1. The van der Waals surface area contributed by atoms with Gasteiger partial charge in [0, 0.05) is 45.0 Å². The Labute approximate surface area is 110 Å². The highest BCUT2D eigenvalue weighted by molar-refractivity contribution is 5.17. The molecule has 1 unspecified atom stereocenters. The normalized spacial score (nSPS) is 22.3. The second-order valence-corrected chi connectivity index (χ2v) is 5.29. The summed E-state index contributed by atoms with van der Waals surface area (Å²) < 4.78 is 0. The second-order valence-electron chi connectivity index (χ2n) is 5.29. The summed E-state index contributed by atoms with van der Waals surface area (Å²) in [4.78, 5) is 9.25. The third kappa shape index (κ3) is 3.51. The summed E-state index contributed by atoms with van der Waals surface area (Å²) in [6, 6.07) is 4.71. The van der Waals surface area contributed by atoms with Crippen LogP contribution in [0.5, 0.6) is 0 Å². The van der Waals surface area contributed by atoms with Crippen molar-refractivity contribution in [1.82, 2.24) is 20.1 Å². The predicted octanol–water partition coefficient (Wildman–Crippen LogP) is 0.725. The Hall–Kier alpha value is -0.970. The van der Waals surface area contributed by atoms with Gasteiger partial charge in [-0.2, -0.15) is 0 Å². The van der Waals surface area contributed by atoms with E-state index in [1.165, 1.54) is 12.1 Å². The minimum absolute atomic E-state index is 0.604. The van der Waals surface area contributed by atoms with E-state index in [-0.39, 0.29) is 0 Å². The van der Waals surface area contributed by atoms with Gasteiger partial charge < -0.3 is 10.2 Å². The summed E-state index contributed by atoms with van der Waals surface area (Å²) in [6.45, 7) is 7.48. The maximum absolute atomic E-state index is 4.41. The third-order valence-corrected chi connectivity index (χ3v) is 3.77. The zero-order chi connectivity index (χ0) is 13.0. The number of hydrogen-bond acceptors (Lipinski definition) is 4. The molecule has 0 radical (unpaired) electrons. The van der Waals surface area contributed by atoms with Crippen molar-refractivity contribution in [1.29, 1.82) is 0 Å². The summed E-state index contributed by atoms with van der Waals surface area (Å²) in [5.41, 5.74) is 2.42. The van der Waals surface area contributed by atoms with Crippen LogP contribution in [0.4, 0.5) is 0 Å². The molecule has 1 aliphatic heterocycles. The largest absolute Gasteiger partial charge is 0.310 e. The predicted molar refractivity (Wildman–Crippen MR) is 74.6 cm³/mol. The second kappa shape index (κ2) is 6.27. The number of piperazine rings is 1. The molecule has 0 spiro atoms. The van der Waals surface area contributed by atoms with Crippen molar-refractivity contribution in [3.05, 3.63) is 29.6 Å². The first kappa shape index (κ1) is 13.5. The van der Waals surface area contributed by atoms with Gasteiger partial charge in [0.05, 0.1) is 5.69 Å². The van der Waals surface area contributed by atoms with Crippen molar-refractivity contribution < 1.29 is 0 Å². The monoisotopic (exact) mass is 248 g/mol. The zero-order valence-electron chi connectivity index (χ0n) is 11.7. The van der Waals surface area contributed by atoms with Gasteiger partial charge in [-0.15, -0.1) is 0 Å². The summed E-state index contributed by atoms with van der Waals surface area (Å²) in [5.74, 6) is 0. The minimum atomic E-state index is 0.604. The first-order valence-corrected chi connectivity index (χ1v) is 6.67. The number of hydrogen-bond donors (Lipinski definition) is 1. The van der Waals surface area contributed by atoms with Crippen LogP contribution in [0, 0.1) is 6.92 Å². The van der Waals surface area contributed by atoms with Gasteiger partial charge in [0.25, 0.3) is 0 Å². The van der Waals surface area contributed by atoms with Crippen molar-refractivity contribution in [3.8, 4) is 0 Å². The molecule has 1 saturated heterocycles. The van der Waals surface area contributed by atoms with Gasteiger partial charge in [-0.3, -0.25) is 9.88 Å². The zero-order valence-corrected chi connectivity index (χ0v) is 11.7. The summed E-state index contributed by atoms with van der Waals surface area (Å²) in [7, 11) is 4.41. The Balaban J connectivity index is 1.79. The minimum Gasteiger partial charge on any atom is -0.310 e. The molecule has 1 aliphatic rings. The van der Waals surface area contributed by atoms with Crippen LogP contribution in [0.15, 0.2) is 18.3 Å². The van der Waals surface area contributed by atoms with Crippen molar-refractivity contribution >= 4 is 0 Å². The van der Waals surface area contributed by atoms with E-state index >= 15 is 0 Å². The molecule has 18 heavy (non-hydrogen) atoms. The molecule has 2 heterocycles. The molecule has 1 aromatic heterocycles. The number of aromatic nitrogens is 1. The molecule has 4 heteroatoms. The van der Waals surface area contributed by atoms with Crippen LogP contribution in [0.3, 0.4) is 0 Å². The first-order valence-electron chi connectivity index (χ1n) is 6.67. The molecule has 0 aliphatic carbocycles. The van der Waals surface area contributed by atoms with Crippen LogP contribution in [-0.2, 0) is 6.54 Å². The van der Waals surface area contributed by atoms with Gasteiger partial charge in [-0.25, -0.2) is 0 Å². The van der Waals surface area contributed by atoms with Crippen LogP contribution < -0.4 is 5.32 Å². The van der Waals surface area contributed by atoms with E-state index < -0.39 is 0 Å². The highest BCUT2D eigenvalue weighted by Gasteiger charge is 2.21. The highest BCUT2D eigenvalue weighted by atomic mass is 15.3. The molecule has 1 atom stereocenters. The van der Waals surface area contributed by atoms with E-state index in [1.54, 1.807) is 0 Å². The van der Waals surface area contributed by atoms with E-state index in [4.69, 9.17) is 0 Å². The molecule has 1 fully saturated rings. The van der Waals surface area contributed by atoms with Crippen LogP contribution in [0.25, 0.3) is 0 Å². The lowest BCUT2D eigenvalue weighted by molar-refractivity contribution is 0.113. The lowest BCUT2D eigenvalue weighted by Gasteiger charge is -2.37. The summed E-state index contributed by atoms with van der Waals surface area (Å²) >= 11 is 0. The van der Waals surface area contributed by atoms with Crippen LogP contribution in [0.2, 0.25) is 0 Å². The molecular formula is C14H24N4. The molecule has 2 rings (SSSR count). The number of pyridine rings is 1. The highest BCUT2D eigenvalue weighted by Crippen LogP contribution is 2.06. The maximum atomic E-state index is 4.41. The molecule has 0 bridgehead atoms. The van der Waals surface area contributed by atoms with Crippen molar-refractivity contribution in [3.63, 3.8) is 0 Å². The van der Waals surface area contributed by atoms with E-state index in [2.05, 4.69) is 47.2 Å². The number of nitrogens with one attached hydrogen (secondary N) is 1. The van der Waals surface area contributed by atoms with Gasteiger partial charge in [0.2, 0.25) is 0 Å². The van der Waals surface area contributed by atoms with Gasteiger partial charge in [0.15, 0.2) is 0 Å². The Morgan fingerprint density at radius 2 is 2.22 bits per heavy atom. The Kier molecular flexibility index (Phi) is 4.69. The molecular weight excluding hydrogens is 224 g/mol. The van der Waals surface area contributed by atoms with Crippen molar-refractivity contribution in [2.45, 2.75) is 19.5 Å². The Morgan fingerprint density at radius 3 is 3.00 bits per heavy atom. The number of nitrogens with zero attached hydrogens (tertiary/aromatic N) is 3. The van der Waals surface area contributed by atoms with Gasteiger partial charge in [-0.1, -0.05) is 6.07 Å². The van der Waals surface area contributed by atoms with E-state index in [0.717, 1.165) is 31.9 Å². The molecule has 0 amide bonds. The van der Waals surface area contributed by atoms with Crippen molar-refractivity contribution in [2.75, 3.05) is 40.3 Å². The molecule has 0 aromatic carbocycles. The fourth-order valence-electron chi connectivity index (χ4n) is 2.38. The summed E-state index contributed by atoms with van der Waals surface area (Å²) in [6.07, 6.45) is 1.87. The molecule has 0 saturated carbocycles. The fraction of sp³-hybridized carbons (Fsp3) is 0.643. The van der Waals surface area contributed by atoms with E-state index in [1.807, 2.05) is 12.3 Å². The lowest BCUT2D eigenvalue weighted by atomic mass is 10.1. The first-order chi connectivity index (χ1) is 8.66. The van der Waals surface area contributed by atoms with E-state index in [0.29, 0.717) is 6.04 Å². The SMILES string of the molecule is Cc1cccnc1CNCC1CN(C)CCN1C. The van der Waals surface area contributed by atoms with E-state index in [9.17, 15) is 0 Å². The number of rotatable bonds is 4.